The first-order valence-electron chi connectivity index (χ1n) is 9.87. The van der Waals surface area contributed by atoms with Crippen LogP contribution in [0.3, 0.4) is 0 Å². The van der Waals surface area contributed by atoms with Gasteiger partial charge in [-0.3, -0.25) is 9.59 Å². The van der Waals surface area contributed by atoms with E-state index in [0.717, 1.165) is 0 Å². The number of ether oxygens (including phenoxy) is 3. The van der Waals surface area contributed by atoms with Crippen LogP contribution in [0.15, 0.2) is 0 Å². The summed E-state index contributed by atoms with van der Waals surface area (Å²) in [5, 5.41) is 9.42. The molecule has 28 heavy (non-hydrogen) atoms. The van der Waals surface area contributed by atoms with Gasteiger partial charge in [0.25, 0.3) is 0 Å². The highest BCUT2D eigenvalue weighted by Crippen LogP contribution is 2.62. The van der Waals surface area contributed by atoms with Crippen molar-refractivity contribution in [2.45, 2.75) is 66.6 Å². The Balaban J connectivity index is 1.60. The molecule has 0 amide bonds. The summed E-state index contributed by atoms with van der Waals surface area (Å²) >= 11 is 0. The van der Waals surface area contributed by atoms with Crippen LogP contribution in [0.2, 0.25) is 0 Å². The highest BCUT2D eigenvalue weighted by atomic mass is 16.6. The molecule has 0 aromatic carbocycles. The van der Waals surface area contributed by atoms with Gasteiger partial charge in [0, 0.05) is 11.8 Å². The summed E-state index contributed by atoms with van der Waals surface area (Å²) in [7, 11) is 0. The molecule has 3 aliphatic rings. The third-order valence-electron chi connectivity index (χ3n) is 7.49. The Morgan fingerprint density at radius 2 is 1.96 bits per heavy atom. The van der Waals surface area contributed by atoms with Crippen LogP contribution in [-0.4, -0.2) is 36.7 Å². The fourth-order valence-corrected chi connectivity index (χ4v) is 5.16. The summed E-state index contributed by atoms with van der Waals surface area (Å²) in [4.78, 5) is 37.2. The van der Waals surface area contributed by atoms with Gasteiger partial charge in [-0.15, -0.1) is 0 Å². The van der Waals surface area contributed by atoms with Gasteiger partial charge in [-0.25, -0.2) is 4.79 Å². The second kappa shape index (κ2) is 6.47. The first kappa shape index (κ1) is 20.6. The minimum atomic E-state index is -1.07. The van der Waals surface area contributed by atoms with Crippen molar-refractivity contribution in [2.24, 2.45) is 34.0 Å². The monoisotopic (exact) mass is 391 g/mol. The molecule has 1 saturated heterocycles. The van der Waals surface area contributed by atoms with Crippen LogP contribution in [0.25, 0.3) is 0 Å². The smallest absolute Gasteiger partial charge is 0.344 e. The largest absolute Gasteiger partial charge is 0.457 e. The quantitative estimate of drug-likeness (QED) is 0.524. The molecular formula is C21H29NO6. The molecule has 0 N–H and O–H groups in total. The van der Waals surface area contributed by atoms with Crippen molar-refractivity contribution in [3.8, 4) is 6.07 Å². The lowest BCUT2D eigenvalue weighted by Gasteiger charge is -2.42. The molecule has 3 fully saturated rings. The maximum absolute atomic E-state index is 12.7. The zero-order valence-corrected chi connectivity index (χ0v) is 17.4. The van der Waals surface area contributed by atoms with Crippen LogP contribution in [0.4, 0.5) is 0 Å². The van der Waals surface area contributed by atoms with Crippen molar-refractivity contribution >= 4 is 17.9 Å². The Morgan fingerprint density at radius 3 is 2.50 bits per heavy atom. The maximum Gasteiger partial charge on any atom is 0.344 e. The first-order valence-corrected chi connectivity index (χ1v) is 9.87. The first-order chi connectivity index (χ1) is 12.9. The van der Waals surface area contributed by atoms with E-state index >= 15 is 0 Å². The molecule has 154 valence electrons. The number of nitrogens with zero attached hydrogens (tertiary/aromatic N) is 1. The van der Waals surface area contributed by atoms with Crippen molar-refractivity contribution in [3.63, 3.8) is 0 Å². The van der Waals surface area contributed by atoms with Gasteiger partial charge in [-0.1, -0.05) is 34.6 Å². The van der Waals surface area contributed by atoms with E-state index in [0.29, 0.717) is 12.8 Å². The minimum absolute atomic E-state index is 0.0265. The Labute approximate surface area is 165 Å². The number of esters is 3. The van der Waals surface area contributed by atoms with E-state index in [9.17, 15) is 19.6 Å². The maximum atomic E-state index is 12.7. The molecule has 6 atom stereocenters. The molecule has 1 aliphatic heterocycles. The van der Waals surface area contributed by atoms with Gasteiger partial charge >= 0.3 is 17.9 Å². The summed E-state index contributed by atoms with van der Waals surface area (Å²) in [5.74, 6) is -1.86. The molecule has 2 bridgehead atoms. The predicted molar refractivity (Wildman–Crippen MR) is 97.4 cm³/mol. The van der Waals surface area contributed by atoms with Crippen molar-refractivity contribution in [1.29, 1.82) is 5.26 Å². The minimum Gasteiger partial charge on any atom is -0.457 e. The number of rotatable bonds is 5. The number of hydrogen-bond donors (Lipinski definition) is 0. The molecule has 0 radical (unpaired) electrons. The molecular weight excluding hydrogens is 362 g/mol. The normalized spacial score (nSPS) is 35.3. The fraction of sp³-hybridized carbons (Fsp3) is 0.810. The van der Waals surface area contributed by atoms with Gasteiger partial charge in [0.05, 0.1) is 11.5 Å². The van der Waals surface area contributed by atoms with Crippen LogP contribution in [0, 0.1) is 45.3 Å². The van der Waals surface area contributed by atoms with Gasteiger partial charge in [0.2, 0.25) is 0 Å². The van der Waals surface area contributed by atoms with Gasteiger partial charge in [-0.2, -0.15) is 5.26 Å². The lowest BCUT2D eigenvalue weighted by atomic mass is 9.62. The highest BCUT2D eigenvalue weighted by molar-refractivity contribution is 5.85. The van der Waals surface area contributed by atoms with E-state index < -0.39 is 47.6 Å². The SMILES string of the molecule is CC(C)C(C)(C(=O)OCC(=O)OC1C2CC3C1OC(=O)C3(C#N)C2)C(C)(C)C. The second-order valence-electron chi connectivity index (χ2n) is 9.90. The second-order valence-corrected chi connectivity index (χ2v) is 9.90. The Hall–Kier alpha value is -2.10. The van der Waals surface area contributed by atoms with Gasteiger partial charge in [0.15, 0.2) is 12.0 Å². The van der Waals surface area contributed by atoms with Crippen LogP contribution in [-0.2, 0) is 28.6 Å². The Kier molecular flexibility index (Phi) is 4.76. The van der Waals surface area contributed by atoms with E-state index in [-0.39, 0.29) is 23.2 Å². The van der Waals surface area contributed by atoms with Crippen LogP contribution in [0.5, 0.6) is 0 Å². The number of hydrogen-bond acceptors (Lipinski definition) is 7. The van der Waals surface area contributed by atoms with Crippen LogP contribution in [0.1, 0.15) is 54.4 Å². The Bertz CT molecular complexity index is 747. The molecule has 1 heterocycles. The molecule has 0 aromatic rings. The molecule has 3 rings (SSSR count). The lowest BCUT2D eigenvalue weighted by molar-refractivity contribution is -0.178. The van der Waals surface area contributed by atoms with Crippen molar-refractivity contribution in [2.75, 3.05) is 6.61 Å². The summed E-state index contributed by atoms with van der Waals surface area (Å²) in [5.41, 5.74) is -2.17. The number of nitriles is 1. The predicted octanol–water partition coefficient (Wildman–Crippen LogP) is 2.62. The molecule has 2 saturated carbocycles. The highest BCUT2D eigenvalue weighted by Gasteiger charge is 2.72. The molecule has 7 heteroatoms. The fourth-order valence-electron chi connectivity index (χ4n) is 5.16. The molecule has 0 spiro atoms. The third-order valence-corrected chi connectivity index (χ3v) is 7.49. The lowest BCUT2D eigenvalue weighted by Crippen LogP contribution is -2.46. The van der Waals surface area contributed by atoms with Gasteiger partial charge in [0.1, 0.15) is 12.2 Å². The third kappa shape index (κ3) is 2.72. The van der Waals surface area contributed by atoms with Crippen LogP contribution >= 0.6 is 0 Å². The van der Waals surface area contributed by atoms with Crippen molar-refractivity contribution in [3.05, 3.63) is 0 Å². The average molecular weight is 391 g/mol. The summed E-state index contributed by atoms with van der Waals surface area (Å²) in [6.07, 6.45) is -0.141. The molecule has 6 unspecified atom stereocenters. The van der Waals surface area contributed by atoms with Gasteiger partial charge < -0.3 is 14.2 Å². The zero-order chi connectivity index (χ0) is 21.1. The van der Waals surface area contributed by atoms with Gasteiger partial charge in [-0.05, 0) is 31.1 Å². The Morgan fingerprint density at radius 1 is 1.32 bits per heavy atom. The van der Waals surface area contributed by atoms with E-state index in [4.69, 9.17) is 14.2 Å². The molecule has 2 aliphatic carbocycles. The summed E-state index contributed by atoms with van der Waals surface area (Å²) < 4.78 is 16.2. The standard InChI is InChI=1S/C21H29NO6/c1-11(2)20(6,19(3,4)5)17(24)26-9-14(23)27-15-12-7-13-16(15)28-18(25)21(13,8-12)10-22/h11-13,15-16H,7-9H2,1-6H3. The van der Waals surface area contributed by atoms with Crippen LogP contribution < -0.4 is 0 Å². The van der Waals surface area contributed by atoms with E-state index in [2.05, 4.69) is 6.07 Å². The zero-order valence-electron chi connectivity index (χ0n) is 17.4. The summed E-state index contributed by atoms with van der Waals surface area (Å²) in [6, 6.07) is 2.12. The van der Waals surface area contributed by atoms with E-state index in [1.54, 1.807) is 0 Å². The average Bonchev–Trinajstić information content (AvgIpc) is 3.19. The molecule has 0 aromatic heterocycles. The van der Waals surface area contributed by atoms with E-state index in [1.807, 2.05) is 41.5 Å². The summed E-state index contributed by atoms with van der Waals surface area (Å²) in [6.45, 7) is 11.2. The number of carbonyl (C=O) groups excluding carboxylic acids is 3. The number of fused-ring (bicyclic) bond motifs is 1. The van der Waals surface area contributed by atoms with E-state index in [1.165, 1.54) is 0 Å². The number of carbonyl (C=O) groups is 3. The topological polar surface area (TPSA) is 103 Å². The molecule has 7 nitrogen and oxygen atoms in total. The van der Waals surface area contributed by atoms with Crippen molar-refractivity contribution < 1.29 is 28.6 Å². The van der Waals surface area contributed by atoms with Crippen molar-refractivity contribution in [1.82, 2.24) is 0 Å².